The van der Waals surface area contributed by atoms with Crippen molar-refractivity contribution in [2.75, 3.05) is 38.1 Å². The first kappa shape index (κ1) is 18.2. The van der Waals surface area contributed by atoms with E-state index in [2.05, 4.69) is 10.3 Å². The van der Waals surface area contributed by atoms with Crippen LogP contribution in [-0.4, -0.2) is 49.0 Å². The quantitative estimate of drug-likeness (QED) is 0.898. The van der Waals surface area contributed by atoms with Gasteiger partial charge in [-0.15, -0.1) is 0 Å². The molecule has 2 aromatic rings. The minimum atomic E-state index is -4.37. The molecule has 0 unspecified atom stereocenters. The molecule has 0 radical (unpaired) electrons. The van der Waals surface area contributed by atoms with Crippen molar-refractivity contribution in [3.63, 3.8) is 0 Å². The van der Waals surface area contributed by atoms with E-state index in [0.717, 1.165) is 12.1 Å². The monoisotopic (exact) mass is 368 g/mol. The molecule has 6 nitrogen and oxygen atoms in total. The zero-order valence-electron chi connectivity index (χ0n) is 14.2. The standard InChI is InChI=1S/C17H19F3N4O2/c1-21-10-15-22-14(11-26-15)16(25)24-7-5-23(6-8-24)13-4-2-3-12(9-13)17(18,19)20/h2-4,9,11,21H,5-8,10H2,1H3. The second-order valence-corrected chi connectivity index (χ2v) is 5.98. The fourth-order valence-corrected chi connectivity index (χ4v) is 2.85. The summed E-state index contributed by atoms with van der Waals surface area (Å²) in [5.41, 5.74) is 0.0700. The summed E-state index contributed by atoms with van der Waals surface area (Å²) in [6, 6.07) is 5.23. The second kappa shape index (κ2) is 7.36. The number of carbonyl (C=O) groups excluding carboxylic acids is 1. The normalized spacial score (nSPS) is 15.4. The van der Waals surface area contributed by atoms with Gasteiger partial charge in [-0.25, -0.2) is 4.98 Å². The fourth-order valence-electron chi connectivity index (χ4n) is 2.85. The van der Waals surface area contributed by atoms with Gasteiger partial charge < -0.3 is 19.5 Å². The van der Waals surface area contributed by atoms with Crippen molar-refractivity contribution in [3.05, 3.63) is 47.7 Å². The van der Waals surface area contributed by atoms with Crippen molar-refractivity contribution in [1.29, 1.82) is 0 Å². The maximum atomic E-state index is 12.9. The lowest BCUT2D eigenvalue weighted by Crippen LogP contribution is -2.49. The number of amides is 1. The van der Waals surface area contributed by atoms with Gasteiger partial charge in [0.1, 0.15) is 6.26 Å². The first-order valence-corrected chi connectivity index (χ1v) is 8.19. The van der Waals surface area contributed by atoms with Gasteiger partial charge in [0.05, 0.1) is 12.1 Å². The summed E-state index contributed by atoms with van der Waals surface area (Å²) in [5, 5.41) is 2.89. The molecule has 1 aromatic carbocycles. The Kier molecular flexibility index (Phi) is 5.17. The van der Waals surface area contributed by atoms with E-state index in [1.165, 1.54) is 12.3 Å². The Hall–Kier alpha value is -2.55. The summed E-state index contributed by atoms with van der Waals surface area (Å²) < 4.78 is 43.8. The number of nitrogens with zero attached hydrogens (tertiary/aromatic N) is 3. The largest absolute Gasteiger partial charge is 0.447 e. The van der Waals surface area contributed by atoms with Gasteiger partial charge in [-0.1, -0.05) is 6.07 Å². The van der Waals surface area contributed by atoms with Crippen LogP contribution in [0.15, 0.2) is 34.9 Å². The third-order valence-corrected chi connectivity index (χ3v) is 4.20. The first-order valence-electron chi connectivity index (χ1n) is 8.19. The first-order chi connectivity index (χ1) is 12.4. The van der Waals surface area contributed by atoms with Crippen LogP contribution < -0.4 is 10.2 Å². The van der Waals surface area contributed by atoms with Crippen LogP contribution in [-0.2, 0) is 12.7 Å². The number of rotatable bonds is 4. The molecule has 0 bridgehead atoms. The number of piperazine rings is 1. The molecule has 0 atom stereocenters. The van der Waals surface area contributed by atoms with Crippen LogP contribution in [0.1, 0.15) is 21.9 Å². The zero-order valence-corrected chi connectivity index (χ0v) is 14.2. The highest BCUT2D eigenvalue weighted by Gasteiger charge is 2.31. The van der Waals surface area contributed by atoms with Crippen LogP contribution in [0.4, 0.5) is 18.9 Å². The Morgan fingerprint density at radius 2 is 2.00 bits per heavy atom. The van der Waals surface area contributed by atoms with Crippen molar-refractivity contribution in [2.45, 2.75) is 12.7 Å². The van der Waals surface area contributed by atoms with Gasteiger partial charge in [0.15, 0.2) is 5.69 Å². The van der Waals surface area contributed by atoms with E-state index in [9.17, 15) is 18.0 Å². The Labute approximate surface area is 148 Å². The average molecular weight is 368 g/mol. The topological polar surface area (TPSA) is 61.6 Å². The number of hydrogen-bond donors (Lipinski definition) is 1. The molecule has 3 rings (SSSR count). The van der Waals surface area contributed by atoms with Crippen LogP contribution in [0, 0.1) is 0 Å². The van der Waals surface area contributed by atoms with Crippen LogP contribution in [0.25, 0.3) is 0 Å². The number of halogens is 3. The summed E-state index contributed by atoms with van der Waals surface area (Å²) in [7, 11) is 1.75. The van der Waals surface area contributed by atoms with Crippen LogP contribution in [0.2, 0.25) is 0 Å². The lowest BCUT2D eigenvalue weighted by atomic mass is 10.1. The van der Waals surface area contributed by atoms with Gasteiger partial charge in [-0.2, -0.15) is 13.2 Å². The van der Waals surface area contributed by atoms with Gasteiger partial charge in [0.2, 0.25) is 5.89 Å². The van der Waals surface area contributed by atoms with E-state index in [1.54, 1.807) is 18.0 Å². The van der Waals surface area contributed by atoms with E-state index in [0.29, 0.717) is 44.3 Å². The molecule has 26 heavy (non-hydrogen) atoms. The van der Waals surface area contributed by atoms with E-state index >= 15 is 0 Å². The molecule has 1 amide bonds. The number of hydrogen-bond acceptors (Lipinski definition) is 5. The van der Waals surface area contributed by atoms with Gasteiger partial charge >= 0.3 is 6.18 Å². The van der Waals surface area contributed by atoms with Crippen molar-refractivity contribution >= 4 is 11.6 Å². The molecule has 9 heteroatoms. The molecule has 0 aliphatic carbocycles. The maximum Gasteiger partial charge on any atom is 0.416 e. The number of alkyl halides is 3. The average Bonchev–Trinajstić information content (AvgIpc) is 3.10. The summed E-state index contributed by atoms with van der Waals surface area (Å²) >= 11 is 0. The van der Waals surface area contributed by atoms with E-state index < -0.39 is 11.7 Å². The molecule has 0 saturated carbocycles. The van der Waals surface area contributed by atoms with E-state index in [-0.39, 0.29) is 11.6 Å². The van der Waals surface area contributed by atoms with Crippen molar-refractivity contribution < 1.29 is 22.4 Å². The summed E-state index contributed by atoms with van der Waals surface area (Å²) in [5.74, 6) is 0.193. The summed E-state index contributed by atoms with van der Waals surface area (Å²) in [4.78, 5) is 20.1. The van der Waals surface area contributed by atoms with Gasteiger partial charge in [-0.3, -0.25) is 4.79 Å². The molecule has 140 valence electrons. The van der Waals surface area contributed by atoms with E-state index in [4.69, 9.17) is 4.42 Å². The predicted octanol–water partition coefficient (Wildman–Crippen LogP) is 2.38. The van der Waals surface area contributed by atoms with Gasteiger partial charge in [0.25, 0.3) is 5.91 Å². The third kappa shape index (κ3) is 3.98. The zero-order chi connectivity index (χ0) is 18.7. The SMILES string of the molecule is CNCc1nc(C(=O)N2CCN(c3cccc(C(F)(F)F)c3)CC2)co1. The second-order valence-electron chi connectivity index (χ2n) is 5.98. The minimum absolute atomic E-state index is 0.236. The highest BCUT2D eigenvalue weighted by Crippen LogP contribution is 2.31. The van der Waals surface area contributed by atoms with Crippen molar-refractivity contribution in [2.24, 2.45) is 0 Å². The number of oxazole rings is 1. The Balaban J connectivity index is 1.63. The molecule has 1 aliphatic heterocycles. The number of nitrogens with one attached hydrogen (secondary N) is 1. The summed E-state index contributed by atoms with van der Waals surface area (Å²) in [6.07, 6.45) is -3.04. The molecule has 2 heterocycles. The predicted molar refractivity (Wildman–Crippen MR) is 88.8 cm³/mol. The molecule has 1 aromatic heterocycles. The number of carbonyl (C=O) groups is 1. The lowest BCUT2D eigenvalue weighted by Gasteiger charge is -2.36. The van der Waals surface area contributed by atoms with Crippen molar-refractivity contribution in [1.82, 2.24) is 15.2 Å². The molecule has 1 saturated heterocycles. The van der Waals surface area contributed by atoms with Crippen LogP contribution in [0.5, 0.6) is 0 Å². The summed E-state index contributed by atoms with van der Waals surface area (Å²) in [6.45, 7) is 2.14. The maximum absolute atomic E-state index is 12.9. The van der Waals surface area contributed by atoms with Crippen molar-refractivity contribution in [3.8, 4) is 0 Å². The van der Waals surface area contributed by atoms with Gasteiger partial charge in [0, 0.05) is 31.9 Å². The van der Waals surface area contributed by atoms with E-state index in [1.807, 2.05) is 4.90 Å². The van der Waals surface area contributed by atoms with Crippen LogP contribution >= 0.6 is 0 Å². The molecular formula is C17H19F3N4O2. The number of anilines is 1. The fraction of sp³-hybridized carbons (Fsp3) is 0.412. The lowest BCUT2D eigenvalue weighted by molar-refractivity contribution is -0.137. The van der Waals surface area contributed by atoms with Gasteiger partial charge in [-0.05, 0) is 25.2 Å². The highest BCUT2D eigenvalue weighted by atomic mass is 19.4. The number of benzene rings is 1. The molecule has 0 spiro atoms. The smallest absolute Gasteiger partial charge is 0.416 e. The Bertz CT molecular complexity index is 767. The molecule has 1 aliphatic rings. The third-order valence-electron chi connectivity index (χ3n) is 4.20. The molecular weight excluding hydrogens is 349 g/mol. The Morgan fingerprint density at radius 1 is 1.27 bits per heavy atom. The molecule has 1 N–H and O–H groups in total. The molecule has 1 fully saturated rings. The Morgan fingerprint density at radius 3 is 2.65 bits per heavy atom. The minimum Gasteiger partial charge on any atom is -0.447 e. The van der Waals surface area contributed by atoms with Crippen LogP contribution in [0.3, 0.4) is 0 Å². The highest BCUT2D eigenvalue weighted by molar-refractivity contribution is 5.92. The number of aromatic nitrogens is 1.